The molecule has 0 spiro atoms. The minimum absolute atomic E-state index is 0.0199. The zero-order valence-corrected chi connectivity index (χ0v) is 30.1. The van der Waals surface area contributed by atoms with Gasteiger partial charge in [-0.1, -0.05) is 32.4 Å². The van der Waals surface area contributed by atoms with Crippen LogP contribution in [0.15, 0.2) is 42.9 Å². The molecule has 2 fully saturated rings. The second-order valence-electron chi connectivity index (χ2n) is 14.4. The Labute approximate surface area is 289 Å². The average Bonchev–Trinajstić information content (AvgIpc) is 3.83. The molecule has 0 bridgehead atoms. The fraction of sp³-hybridized carbons (Fsp3) is 0.500. The molecule has 6 rings (SSSR count). The number of hydrogen-bond donors (Lipinski definition) is 0. The third-order valence-electron chi connectivity index (χ3n) is 9.37. The molecule has 0 atom stereocenters. The van der Waals surface area contributed by atoms with Gasteiger partial charge in [-0.3, -0.25) is 14.7 Å². The molecular weight excluding hydrogens is 618 g/mol. The second kappa shape index (κ2) is 13.7. The number of nitrogens with zero attached hydrogens (tertiary/aromatic N) is 7. The van der Waals surface area contributed by atoms with Gasteiger partial charge >= 0.3 is 6.09 Å². The summed E-state index contributed by atoms with van der Waals surface area (Å²) in [6.07, 6.45) is 7.93. The Hall–Kier alpha value is -4.67. The van der Waals surface area contributed by atoms with Crippen LogP contribution in [0.25, 0.3) is 11.0 Å². The molecule has 1 aromatic carbocycles. The molecule has 2 aliphatic rings. The smallest absolute Gasteiger partial charge is 0.410 e. The monoisotopic (exact) mass is 667 g/mol. The highest BCUT2D eigenvalue weighted by atomic mass is 16.6. The van der Waals surface area contributed by atoms with E-state index in [9.17, 15) is 9.59 Å². The number of amides is 2. The SMILES string of the molecule is CCCc1ccc(CN(C(=O)C2CC2)c2nc(N(C)c3cnc(C4CN(C(=O)OC(C)(C)C)C4)cc3CC)cc3c2ncn3C)c(OC)c1. The van der Waals surface area contributed by atoms with E-state index in [4.69, 9.17) is 24.4 Å². The van der Waals surface area contributed by atoms with Gasteiger partial charge in [0.15, 0.2) is 5.82 Å². The fourth-order valence-corrected chi connectivity index (χ4v) is 6.38. The lowest BCUT2D eigenvalue weighted by molar-refractivity contribution is -0.119. The normalized spacial score (nSPS) is 14.9. The van der Waals surface area contributed by atoms with Crippen molar-refractivity contribution < 1.29 is 19.1 Å². The number of pyridine rings is 2. The van der Waals surface area contributed by atoms with Crippen molar-refractivity contribution >= 4 is 40.4 Å². The third kappa shape index (κ3) is 7.21. The first-order chi connectivity index (χ1) is 23.4. The quantitative estimate of drug-likeness (QED) is 0.170. The van der Waals surface area contributed by atoms with Crippen LogP contribution in [0.5, 0.6) is 5.75 Å². The van der Waals surface area contributed by atoms with E-state index >= 15 is 0 Å². The van der Waals surface area contributed by atoms with Crippen molar-refractivity contribution in [2.45, 2.75) is 84.8 Å². The van der Waals surface area contributed by atoms with Crippen molar-refractivity contribution in [3.63, 3.8) is 0 Å². The minimum Gasteiger partial charge on any atom is -0.496 e. The van der Waals surface area contributed by atoms with Gasteiger partial charge in [0, 0.05) is 56.3 Å². The number of imidazole rings is 1. The molecule has 260 valence electrons. The van der Waals surface area contributed by atoms with Crippen LogP contribution in [0, 0.1) is 5.92 Å². The number of benzene rings is 1. The largest absolute Gasteiger partial charge is 0.496 e. The van der Waals surface area contributed by atoms with Crippen LogP contribution in [0.3, 0.4) is 0 Å². The Morgan fingerprint density at radius 3 is 2.45 bits per heavy atom. The number of aromatic nitrogens is 4. The summed E-state index contributed by atoms with van der Waals surface area (Å²) in [4.78, 5) is 46.8. The Morgan fingerprint density at radius 1 is 1.04 bits per heavy atom. The van der Waals surface area contributed by atoms with E-state index in [0.29, 0.717) is 36.8 Å². The van der Waals surface area contributed by atoms with Gasteiger partial charge in [-0.25, -0.2) is 14.8 Å². The van der Waals surface area contributed by atoms with Crippen LogP contribution in [-0.4, -0.2) is 69.3 Å². The molecule has 1 saturated carbocycles. The zero-order valence-electron chi connectivity index (χ0n) is 30.1. The van der Waals surface area contributed by atoms with E-state index in [1.165, 1.54) is 5.56 Å². The number of likely N-dealkylation sites (tertiary alicyclic amines) is 1. The summed E-state index contributed by atoms with van der Waals surface area (Å²) >= 11 is 0. The zero-order chi connectivity index (χ0) is 35.0. The van der Waals surface area contributed by atoms with Crippen molar-refractivity contribution in [2.75, 3.05) is 37.0 Å². The van der Waals surface area contributed by atoms with Crippen LogP contribution in [0.1, 0.15) is 82.2 Å². The molecule has 4 heterocycles. The van der Waals surface area contributed by atoms with Crippen LogP contribution in [-0.2, 0) is 36.0 Å². The number of rotatable bonds is 11. The molecule has 4 aromatic rings. The van der Waals surface area contributed by atoms with Gasteiger partial charge < -0.3 is 23.8 Å². The standard InChI is InChI=1S/C38H49N7O4/c1-9-11-24-12-13-27(32(16-24)48-8)22-45(36(46)26-14-15-26)35-34-30(42(6)23-40-34)18-33(41-35)43(7)31-19-39-29(17-25(31)10-2)28-20-44(21-28)37(47)49-38(3,4)5/h12-13,16-19,23,26,28H,9-11,14-15,20-22H2,1-8H3. The van der Waals surface area contributed by atoms with Gasteiger partial charge in [0.25, 0.3) is 0 Å². The van der Waals surface area contributed by atoms with Crippen molar-refractivity contribution in [1.82, 2.24) is 24.4 Å². The topological polar surface area (TPSA) is 106 Å². The average molecular weight is 668 g/mol. The molecule has 11 nitrogen and oxygen atoms in total. The summed E-state index contributed by atoms with van der Waals surface area (Å²) in [6.45, 7) is 11.4. The van der Waals surface area contributed by atoms with Gasteiger partial charge in [-0.2, -0.15) is 0 Å². The molecular formula is C38H49N7O4. The summed E-state index contributed by atoms with van der Waals surface area (Å²) in [5.74, 6) is 2.19. The number of fused-ring (bicyclic) bond motifs is 1. The lowest BCUT2D eigenvalue weighted by Gasteiger charge is -2.39. The first-order valence-electron chi connectivity index (χ1n) is 17.4. The van der Waals surface area contributed by atoms with Crippen LogP contribution >= 0.6 is 0 Å². The van der Waals surface area contributed by atoms with E-state index < -0.39 is 5.60 Å². The van der Waals surface area contributed by atoms with Crippen molar-refractivity contribution in [3.05, 3.63) is 65.2 Å². The number of anilines is 3. The van der Waals surface area contributed by atoms with Crippen LogP contribution < -0.4 is 14.5 Å². The number of hydrogen-bond acceptors (Lipinski definition) is 8. The van der Waals surface area contributed by atoms with Crippen molar-refractivity contribution in [2.24, 2.45) is 13.0 Å². The predicted molar refractivity (Wildman–Crippen MR) is 192 cm³/mol. The Morgan fingerprint density at radius 2 is 1.80 bits per heavy atom. The maximum absolute atomic E-state index is 14.0. The molecule has 3 aromatic heterocycles. The molecule has 1 aliphatic carbocycles. The van der Waals surface area contributed by atoms with Crippen molar-refractivity contribution in [3.8, 4) is 5.75 Å². The molecule has 1 saturated heterocycles. The summed E-state index contributed by atoms with van der Waals surface area (Å²) in [6, 6.07) is 10.4. The van der Waals surface area contributed by atoms with Crippen molar-refractivity contribution in [1.29, 1.82) is 0 Å². The molecule has 1 aliphatic heterocycles. The second-order valence-corrected chi connectivity index (χ2v) is 14.4. The van der Waals surface area contributed by atoms with Gasteiger partial charge in [0.2, 0.25) is 5.91 Å². The van der Waals surface area contributed by atoms with E-state index in [-0.39, 0.29) is 23.8 Å². The summed E-state index contributed by atoms with van der Waals surface area (Å²) in [5, 5.41) is 0. The highest BCUT2D eigenvalue weighted by Gasteiger charge is 2.37. The van der Waals surface area contributed by atoms with Crippen LogP contribution in [0.2, 0.25) is 0 Å². The number of ether oxygens (including phenoxy) is 2. The van der Waals surface area contributed by atoms with Gasteiger partial charge in [0.1, 0.15) is 22.7 Å². The minimum atomic E-state index is -0.524. The maximum atomic E-state index is 14.0. The van der Waals surface area contributed by atoms with E-state index in [1.54, 1.807) is 23.2 Å². The highest BCUT2D eigenvalue weighted by Crippen LogP contribution is 2.39. The summed E-state index contributed by atoms with van der Waals surface area (Å²) in [7, 11) is 5.62. The Bertz CT molecular complexity index is 1850. The molecule has 0 unspecified atom stereocenters. The lowest BCUT2D eigenvalue weighted by atomic mass is 9.94. The van der Waals surface area contributed by atoms with E-state index in [2.05, 4.69) is 38.1 Å². The summed E-state index contributed by atoms with van der Waals surface area (Å²) in [5.41, 5.74) is 6.19. The first kappa shape index (κ1) is 34.2. The lowest BCUT2D eigenvalue weighted by Crippen LogP contribution is -2.50. The third-order valence-corrected chi connectivity index (χ3v) is 9.37. The Kier molecular flexibility index (Phi) is 9.55. The number of carbonyl (C=O) groups is 2. The van der Waals surface area contributed by atoms with E-state index in [0.717, 1.165) is 65.9 Å². The maximum Gasteiger partial charge on any atom is 0.410 e. The van der Waals surface area contributed by atoms with Gasteiger partial charge in [-0.15, -0.1) is 0 Å². The molecule has 11 heteroatoms. The molecule has 0 radical (unpaired) electrons. The highest BCUT2D eigenvalue weighted by molar-refractivity contribution is 6.02. The number of aryl methyl sites for hydroxylation is 3. The number of carbonyl (C=O) groups excluding carboxylic acids is 2. The molecule has 2 amide bonds. The molecule has 49 heavy (non-hydrogen) atoms. The number of methoxy groups -OCH3 is 1. The Balaban J connectivity index is 1.32. The fourth-order valence-electron chi connectivity index (χ4n) is 6.38. The molecule has 0 N–H and O–H groups in total. The predicted octanol–water partition coefficient (Wildman–Crippen LogP) is 6.93. The summed E-state index contributed by atoms with van der Waals surface area (Å²) < 4.78 is 13.3. The first-order valence-corrected chi connectivity index (χ1v) is 17.4. The van der Waals surface area contributed by atoms with Gasteiger partial charge in [-0.05, 0) is 69.7 Å². The van der Waals surface area contributed by atoms with Crippen LogP contribution in [0.4, 0.5) is 22.1 Å². The van der Waals surface area contributed by atoms with E-state index in [1.807, 2.05) is 56.6 Å². The van der Waals surface area contributed by atoms with Gasteiger partial charge in [0.05, 0.1) is 37.4 Å².